The average Bonchev–Trinajstić information content (AvgIpc) is 3.29. The van der Waals surface area contributed by atoms with Crippen molar-refractivity contribution in [2.24, 2.45) is 0 Å². The number of nitrogens with zero attached hydrogens (tertiary/aromatic N) is 3. The van der Waals surface area contributed by atoms with Gasteiger partial charge in [0.25, 0.3) is 23.5 Å². The molecular formula is C25H20N6O7S. The second kappa shape index (κ2) is 10.3. The van der Waals surface area contributed by atoms with Crippen molar-refractivity contribution < 1.29 is 33.5 Å². The first-order valence-corrected chi connectivity index (χ1v) is 11.9. The first-order chi connectivity index (χ1) is 18.7. The Morgan fingerprint density at radius 1 is 1.08 bits per heavy atom. The molecule has 5 rings (SSSR count). The largest absolute Gasteiger partial charge is 0.482 e. The lowest BCUT2D eigenvalue weighted by Gasteiger charge is -2.18. The Labute approximate surface area is 224 Å². The molecule has 0 unspecified atom stereocenters. The van der Waals surface area contributed by atoms with Crippen LogP contribution < -0.4 is 20.7 Å². The number of benzene rings is 2. The van der Waals surface area contributed by atoms with Crippen LogP contribution in [0.5, 0.6) is 5.75 Å². The van der Waals surface area contributed by atoms with Crippen molar-refractivity contribution in [2.45, 2.75) is 20.0 Å². The van der Waals surface area contributed by atoms with Gasteiger partial charge in [-0.3, -0.25) is 14.4 Å². The van der Waals surface area contributed by atoms with Crippen LogP contribution in [0.2, 0.25) is 0 Å². The Balaban J connectivity index is 1.33. The number of aromatic nitrogens is 3. The van der Waals surface area contributed by atoms with Gasteiger partial charge in [0.15, 0.2) is 6.61 Å². The van der Waals surface area contributed by atoms with Crippen molar-refractivity contribution in [3.8, 4) is 5.75 Å². The molecular weight excluding hydrogens is 528 g/mol. The van der Waals surface area contributed by atoms with E-state index in [-0.39, 0.29) is 53.2 Å². The fraction of sp³-hybridized carbons (Fsp3) is 0.160. The molecule has 2 aromatic carbocycles. The van der Waals surface area contributed by atoms with Crippen LogP contribution >= 0.6 is 12.2 Å². The van der Waals surface area contributed by atoms with E-state index in [1.807, 2.05) is 0 Å². The molecule has 4 N–H and O–H groups in total. The molecule has 0 spiro atoms. The van der Waals surface area contributed by atoms with Gasteiger partial charge in [-0.1, -0.05) is 18.2 Å². The number of rotatable bonds is 7. The lowest BCUT2D eigenvalue weighted by Crippen LogP contribution is -2.28. The maximum Gasteiger partial charge on any atom is 0.335 e. The van der Waals surface area contributed by atoms with Gasteiger partial charge in [-0.2, -0.15) is 0 Å². The Bertz CT molecular complexity index is 1730. The molecule has 0 fully saturated rings. The van der Waals surface area contributed by atoms with Crippen LogP contribution in [0.25, 0.3) is 5.78 Å². The average molecular weight is 549 g/mol. The summed E-state index contributed by atoms with van der Waals surface area (Å²) in [5, 5.41) is 21.1. The van der Waals surface area contributed by atoms with E-state index in [1.54, 1.807) is 37.3 Å². The maximum absolute atomic E-state index is 13.1. The number of ether oxygens (including phenoxy) is 1. The van der Waals surface area contributed by atoms with Gasteiger partial charge in [0.05, 0.1) is 11.3 Å². The summed E-state index contributed by atoms with van der Waals surface area (Å²) < 4.78 is 11.5. The number of aromatic carboxylic acids is 1. The van der Waals surface area contributed by atoms with Crippen LogP contribution in [0.15, 0.2) is 47.0 Å². The Morgan fingerprint density at radius 3 is 2.54 bits per heavy atom. The number of anilines is 1. The van der Waals surface area contributed by atoms with E-state index in [1.165, 1.54) is 16.5 Å². The fourth-order valence-corrected chi connectivity index (χ4v) is 4.22. The summed E-state index contributed by atoms with van der Waals surface area (Å²) in [6.45, 7) is 1.79. The summed E-state index contributed by atoms with van der Waals surface area (Å²) >= 11 is 5.13. The van der Waals surface area contributed by atoms with Crippen molar-refractivity contribution in [3.05, 3.63) is 80.9 Å². The lowest BCUT2D eigenvalue weighted by atomic mass is 10.1. The molecule has 13 nitrogen and oxygen atoms in total. The van der Waals surface area contributed by atoms with Crippen LogP contribution in [0.1, 0.15) is 48.0 Å². The van der Waals surface area contributed by atoms with Crippen molar-refractivity contribution >= 4 is 47.4 Å². The topological polar surface area (TPSA) is 177 Å². The van der Waals surface area contributed by atoms with Crippen LogP contribution in [0.3, 0.4) is 0 Å². The van der Waals surface area contributed by atoms with Crippen LogP contribution in [0, 0.1) is 11.8 Å². The highest BCUT2D eigenvalue weighted by Crippen LogP contribution is 2.28. The van der Waals surface area contributed by atoms with E-state index in [0.29, 0.717) is 28.1 Å². The van der Waals surface area contributed by atoms with Gasteiger partial charge in [0.1, 0.15) is 17.1 Å². The van der Waals surface area contributed by atoms with E-state index >= 15 is 0 Å². The first-order valence-electron chi connectivity index (χ1n) is 11.5. The first kappa shape index (κ1) is 25.5. The molecule has 1 aliphatic rings. The molecule has 0 aliphatic carbocycles. The van der Waals surface area contributed by atoms with Gasteiger partial charge in [0, 0.05) is 13.1 Å². The number of amides is 3. The number of carbonyl (C=O) groups is 4. The van der Waals surface area contributed by atoms with Gasteiger partial charge >= 0.3 is 10.8 Å². The zero-order chi connectivity index (χ0) is 27.7. The molecule has 0 bridgehead atoms. The summed E-state index contributed by atoms with van der Waals surface area (Å²) in [7, 11) is 0. The number of nitrogens with one attached hydrogen (secondary N) is 3. The number of hydrogen-bond acceptors (Lipinski definition) is 9. The predicted molar refractivity (Wildman–Crippen MR) is 137 cm³/mol. The standard InChI is InChI=1S/C25H20N6O7S/c1-12-6-13(2-4-15(12)23(35)36)9-27-22(34)18-8-17(29-24-30-38-25(39)31(18)24)21(33)26-10-14-3-5-19-16(7-14)28-20(32)11-37-19/h2-8H,9-11H2,1H3,(H,26,33)(H,27,34)(H,28,32)(H,35,36). The summed E-state index contributed by atoms with van der Waals surface area (Å²) in [6, 6.07) is 11.1. The number of carboxylic acid groups (broad SMARTS) is 1. The third-order valence-electron chi connectivity index (χ3n) is 5.89. The summed E-state index contributed by atoms with van der Waals surface area (Å²) in [5.41, 5.74) is 2.47. The number of hydrogen-bond donors (Lipinski definition) is 4. The monoisotopic (exact) mass is 548 g/mol. The minimum absolute atomic E-state index is 0.0241. The van der Waals surface area contributed by atoms with Crippen molar-refractivity contribution in [2.75, 3.05) is 11.9 Å². The van der Waals surface area contributed by atoms with E-state index in [9.17, 15) is 24.3 Å². The van der Waals surface area contributed by atoms with Gasteiger partial charge < -0.3 is 30.3 Å². The van der Waals surface area contributed by atoms with Gasteiger partial charge in [-0.05, 0) is 65.3 Å². The molecule has 198 valence electrons. The zero-order valence-corrected chi connectivity index (χ0v) is 21.1. The lowest BCUT2D eigenvalue weighted by molar-refractivity contribution is -0.118. The molecule has 1 aliphatic heterocycles. The minimum atomic E-state index is -1.04. The van der Waals surface area contributed by atoms with Crippen LogP contribution in [0.4, 0.5) is 5.69 Å². The molecule has 3 amide bonds. The van der Waals surface area contributed by atoms with Crippen LogP contribution in [-0.4, -0.2) is 49.9 Å². The Kier molecular flexibility index (Phi) is 6.77. The Morgan fingerprint density at radius 2 is 1.79 bits per heavy atom. The zero-order valence-electron chi connectivity index (χ0n) is 20.3. The minimum Gasteiger partial charge on any atom is -0.482 e. The number of carbonyl (C=O) groups excluding carboxylic acids is 3. The molecule has 0 saturated heterocycles. The van der Waals surface area contributed by atoms with E-state index in [2.05, 4.69) is 26.1 Å². The van der Waals surface area contributed by atoms with Crippen molar-refractivity contribution in [1.82, 2.24) is 25.2 Å². The number of aryl methyl sites for hydroxylation is 1. The normalized spacial score (nSPS) is 12.3. The van der Waals surface area contributed by atoms with Crippen molar-refractivity contribution in [3.63, 3.8) is 0 Å². The molecule has 14 heteroatoms. The van der Waals surface area contributed by atoms with Gasteiger partial charge in [-0.25, -0.2) is 14.2 Å². The molecule has 0 saturated carbocycles. The molecule has 4 aromatic rings. The third-order valence-corrected chi connectivity index (χ3v) is 6.15. The fourth-order valence-electron chi connectivity index (χ4n) is 4.00. The highest BCUT2D eigenvalue weighted by atomic mass is 32.1. The number of fused-ring (bicyclic) bond motifs is 2. The maximum atomic E-state index is 13.1. The summed E-state index contributed by atoms with van der Waals surface area (Å²) in [5.74, 6) is -2.02. The quantitative estimate of drug-likeness (QED) is 0.250. The molecule has 39 heavy (non-hydrogen) atoms. The van der Waals surface area contributed by atoms with E-state index in [4.69, 9.17) is 21.5 Å². The molecule has 0 atom stereocenters. The summed E-state index contributed by atoms with van der Waals surface area (Å²) in [4.78, 5) is 52.9. The van der Waals surface area contributed by atoms with E-state index < -0.39 is 17.8 Å². The second-order valence-electron chi connectivity index (χ2n) is 8.60. The molecule has 2 aromatic heterocycles. The smallest absolute Gasteiger partial charge is 0.335 e. The second-order valence-corrected chi connectivity index (χ2v) is 8.95. The van der Waals surface area contributed by atoms with E-state index in [0.717, 1.165) is 0 Å². The highest BCUT2D eigenvalue weighted by molar-refractivity contribution is 7.71. The molecule has 3 heterocycles. The van der Waals surface area contributed by atoms with Crippen molar-refractivity contribution in [1.29, 1.82) is 0 Å². The SMILES string of the molecule is Cc1cc(CNC(=O)c2cc(C(=O)NCc3ccc4c(c3)NC(=O)CO4)nc3noc(=S)n23)ccc1C(=O)O. The predicted octanol–water partition coefficient (Wildman–Crippen LogP) is 2.25. The van der Waals surface area contributed by atoms with Crippen LogP contribution in [-0.2, 0) is 17.9 Å². The molecule has 0 radical (unpaired) electrons. The Hall–Kier alpha value is -5.11. The number of carboxylic acids is 1. The van der Waals surface area contributed by atoms with Gasteiger partial charge in [-0.15, -0.1) is 0 Å². The van der Waals surface area contributed by atoms with Gasteiger partial charge in [0.2, 0.25) is 0 Å². The summed E-state index contributed by atoms with van der Waals surface area (Å²) in [6.07, 6.45) is 0. The highest BCUT2D eigenvalue weighted by Gasteiger charge is 2.20. The third kappa shape index (κ3) is 5.31.